The molecule has 12 heteroatoms. The van der Waals surface area contributed by atoms with Crippen molar-refractivity contribution in [3.05, 3.63) is 28.3 Å². The Labute approximate surface area is 130 Å². The van der Waals surface area contributed by atoms with Crippen LogP contribution in [0.15, 0.2) is 23.1 Å². The van der Waals surface area contributed by atoms with Crippen LogP contribution >= 0.6 is 0 Å². The number of nitrogens with two attached hydrogens (primary N) is 1. The van der Waals surface area contributed by atoms with Crippen molar-refractivity contribution < 1.29 is 32.6 Å². The standard InChI is InChI=1S/C11H13N3O8S/c12-7(5-15)8(4-11(16)17)13-6-1-2-9(14(18)19)10(3-6)23(20,21)22/h1-3,5,7-8,13H,4,12H2,(H,16,17)(H,20,21,22)/t7-,8?/m1/s1. The van der Waals surface area contributed by atoms with E-state index in [4.69, 9.17) is 15.4 Å². The predicted octanol–water partition coefficient (Wildman–Crippen LogP) is -0.377. The number of nitrogens with zero attached hydrogens (tertiary/aromatic N) is 1. The van der Waals surface area contributed by atoms with Crippen LogP contribution in [0.2, 0.25) is 0 Å². The molecule has 1 aromatic rings. The summed E-state index contributed by atoms with van der Waals surface area (Å²) in [6.07, 6.45) is -0.256. The fraction of sp³-hybridized carbons (Fsp3) is 0.273. The zero-order valence-electron chi connectivity index (χ0n) is 11.4. The van der Waals surface area contributed by atoms with E-state index >= 15 is 0 Å². The van der Waals surface area contributed by atoms with Gasteiger partial charge in [0.15, 0.2) is 4.90 Å². The van der Waals surface area contributed by atoms with Gasteiger partial charge in [0.1, 0.15) is 6.29 Å². The molecule has 2 atom stereocenters. The van der Waals surface area contributed by atoms with Gasteiger partial charge in [-0.05, 0) is 12.1 Å². The van der Waals surface area contributed by atoms with E-state index in [1.54, 1.807) is 0 Å². The molecule has 1 unspecified atom stereocenters. The van der Waals surface area contributed by atoms with Gasteiger partial charge in [0.2, 0.25) is 0 Å². The van der Waals surface area contributed by atoms with Crippen LogP contribution in [0, 0.1) is 10.1 Å². The summed E-state index contributed by atoms with van der Waals surface area (Å²) in [5.41, 5.74) is 4.53. The van der Waals surface area contributed by atoms with Crippen molar-refractivity contribution >= 4 is 33.7 Å². The number of nitrogens with one attached hydrogen (secondary N) is 1. The van der Waals surface area contributed by atoms with Gasteiger partial charge in [-0.1, -0.05) is 0 Å². The minimum absolute atomic E-state index is 0.0632. The van der Waals surface area contributed by atoms with Crippen LogP contribution in [0.1, 0.15) is 6.42 Å². The summed E-state index contributed by atoms with van der Waals surface area (Å²) in [4.78, 5) is 30.3. The number of carbonyl (C=O) groups is 2. The highest BCUT2D eigenvalue weighted by molar-refractivity contribution is 7.86. The summed E-state index contributed by atoms with van der Waals surface area (Å²) >= 11 is 0. The van der Waals surface area contributed by atoms with Gasteiger partial charge in [-0.3, -0.25) is 19.5 Å². The van der Waals surface area contributed by atoms with E-state index in [9.17, 15) is 28.1 Å². The molecule has 11 nitrogen and oxygen atoms in total. The van der Waals surface area contributed by atoms with Crippen LogP contribution < -0.4 is 11.1 Å². The average molecular weight is 347 g/mol. The van der Waals surface area contributed by atoms with E-state index in [-0.39, 0.29) is 5.69 Å². The van der Waals surface area contributed by atoms with E-state index in [2.05, 4.69) is 5.32 Å². The van der Waals surface area contributed by atoms with E-state index in [0.29, 0.717) is 6.29 Å². The molecule has 0 aliphatic carbocycles. The first kappa shape index (κ1) is 18.5. The molecule has 0 saturated carbocycles. The fourth-order valence-corrected chi connectivity index (χ4v) is 2.42. The van der Waals surface area contributed by atoms with Crippen molar-refractivity contribution in [1.82, 2.24) is 0 Å². The van der Waals surface area contributed by atoms with Gasteiger partial charge in [-0.2, -0.15) is 8.42 Å². The smallest absolute Gasteiger partial charge is 0.305 e. The highest BCUT2D eigenvalue weighted by atomic mass is 32.2. The number of benzene rings is 1. The van der Waals surface area contributed by atoms with E-state index in [1.165, 1.54) is 0 Å². The zero-order valence-corrected chi connectivity index (χ0v) is 12.3. The average Bonchev–Trinajstić information content (AvgIpc) is 2.44. The Morgan fingerprint density at radius 2 is 2.09 bits per heavy atom. The Morgan fingerprint density at radius 3 is 2.52 bits per heavy atom. The number of carboxylic acid groups (broad SMARTS) is 1. The predicted molar refractivity (Wildman–Crippen MR) is 76.6 cm³/mol. The van der Waals surface area contributed by atoms with Crippen LogP contribution in [0.5, 0.6) is 0 Å². The molecule has 0 heterocycles. The Balaban J connectivity index is 3.25. The number of hydrogen-bond acceptors (Lipinski definition) is 8. The number of anilines is 1. The maximum absolute atomic E-state index is 11.2. The normalized spacial score (nSPS) is 13.8. The molecule has 0 aliphatic rings. The summed E-state index contributed by atoms with van der Waals surface area (Å²) in [5, 5.41) is 22.0. The molecule has 0 radical (unpaired) electrons. The summed E-state index contributed by atoms with van der Waals surface area (Å²) in [5.74, 6) is -1.27. The third-order valence-corrected chi connectivity index (χ3v) is 3.69. The lowest BCUT2D eigenvalue weighted by atomic mass is 10.1. The molecule has 0 fully saturated rings. The first-order valence-electron chi connectivity index (χ1n) is 6.01. The molecular weight excluding hydrogens is 334 g/mol. The third-order valence-electron chi connectivity index (χ3n) is 2.80. The van der Waals surface area contributed by atoms with Crippen LogP contribution in [-0.2, 0) is 19.7 Å². The number of carboxylic acids is 1. The number of nitro benzene ring substituents is 1. The van der Waals surface area contributed by atoms with Gasteiger partial charge in [-0.15, -0.1) is 0 Å². The van der Waals surface area contributed by atoms with Crippen molar-refractivity contribution in [3.63, 3.8) is 0 Å². The second-order valence-corrected chi connectivity index (χ2v) is 5.87. The monoisotopic (exact) mass is 347 g/mol. The molecule has 0 amide bonds. The second kappa shape index (κ2) is 7.13. The zero-order chi connectivity index (χ0) is 17.8. The molecule has 1 rings (SSSR count). The minimum Gasteiger partial charge on any atom is -0.481 e. The van der Waals surface area contributed by atoms with Gasteiger partial charge in [-0.25, -0.2) is 0 Å². The maximum Gasteiger partial charge on any atom is 0.305 e. The molecule has 23 heavy (non-hydrogen) atoms. The first-order chi connectivity index (χ1) is 10.6. The number of rotatable bonds is 8. The molecule has 5 N–H and O–H groups in total. The van der Waals surface area contributed by atoms with Gasteiger partial charge in [0.25, 0.3) is 5.69 Å². The Bertz CT molecular complexity index is 733. The van der Waals surface area contributed by atoms with E-state index < -0.39 is 50.1 Å². The van der Waals surface area contributed by atoms with Crippen LogP contribution in [0.4, 0.5) is 11.4 Å². The molecule has 0 spiro atoms. The lowest BCUT2D eigenvalue weighted by molar-refractivity contribution is -0.387. The topological polar surface area (TPSA) is 190 Å². The summed E-state index contributed by atoms with van der Waals surface area (Å²) in [7, 11) is -4.88. The van der Waals surface area contributed by atoms with Crippen molar-refractivity contribution in [2.24, 2.45) is 5.73 Å². The summed E-state index contributed by atoms with van der Waals surface area (Å²) in [6, 6.07) is 0.366. The largest absolute Gasteiger partial charge is 0.481 e. The molecule has 0 bridgehead atoms. The summed E-state index contributed by atoms with van der Waals surface area (Å²) < 4.78 is 31.5. The number of aliphatic carboxylic acids is 1. The van der Waals surface area contributed by atoms with Gasteiger partial charge in [0.05, 0.1) is 23.4 Å². The van der Waals surface area contributed by atoms with Crippen molar-refractivity contribution in [3.8, 4) is 0 Å². The lowest BCUT2D eigenvalue weighted by Crippen LogP contribution is -2.42. The van der Waals surface area contributed by atoms with Crippen LogP contribution in [0.3, 0.4) is 0 Å². The van der Waals surface area contributed by atoms with E-state index in [0.717, 1.165) is 18.2 Å². The number of carbonyl (C=O) groups excluding carboxylic acids is 1. The maximum atomic E-state index is 11.2. The highest BCUT2D eigenvalue weighted by Gasteiger charge is 2.26. The van der Waals surface area contributed by atoms with Crippen LogP contribution in [0.25, 0.3) is 0 Å². The number of hydrogen-bond donors (Lipinski definition) is 4. The Hall–Kier alpha value is -2.57. The molecule has 126 valence electrons. The van der Waals surface area contributed by atoms with Crippen LogP contribution in [-0.4, -0.2) is 47.3 Å². The van der Waals surface area contributed by atoms with E-state index in [1.807, 2.05) is 0 Å². The Kier molecular flexibility index (Phi) is 5.73. The van der Waals surface area contributed by atoms with Gasteiger partial charge < -0.3 is 21.0 Å². The molecule has 0 aliphatic heterocycles. The molecule has 1 aromatic carbocycles. The fourth-order valence-electron chi connectivity index (χ4n) is 1.74. The number of nitro groups is 1. The molecule has 0 aromatic heterocycles. The second-order valence-electron chi connectivity index (χ2n) is 4.48. The van der Waals surface area contributed by atoms with Crippen molar-refractivity contribution in [2.75, 3.05) is 5.32 Å². The third kappa shape index (κ3) is 4.98. The quantitative estimate of drug-likeness (QED) is 0.209. The number of aldehydes is 1. The SMILES string of the molecule is N[C@H](C=O)C(CC(=O)O)Nc1ccc([N+](=O)[O-])c(S(=O)(=O)O)c1. The molecule has 0 saturated heterocycles. The lowest BCUT2D eigenvalue weighted by Gasteiger charge is -2.21. The Morgan fingerprint density at radius 1 is 1.48 bits per heavy atom. The first-order valence-corrected chi connectivity index (χ1v) is 7.45. The molecular formula is C11H13N3O8S. The van der Waals surface area contributed by atoms with Gasteiger partial charge in [0, 0.05) is 11.8 Å². The minimum atomic E-state index is -4.88. The summed E-state index contributed by atoms with van der Waals surface area (Å²) in [6.45, 7) is 0. The highest BCUT2D eigenvalue weighted by Crippen LogP contribution is 2.27. The van der Waals surface area contributed by atoms with Crippen molar-refractivity contribution in [1.29, 1.82) is 0 Å². The van der Waals surface area contributed by atoms with Crippen molar-refractivity contribution in [2.45, 2.75) is 23.4 Å². The van der Waals surface area contributed by atoms with Gasteiger partial charge >= 0.3 is 16.1 Å².